The molecule has 0 amide bonds. The summed E-state index contributed by atoms with van der Waals surface area (Å²) in [5.41, 5.74) is 1.62. The molecule has 0 fully saturated rings. The van der Waals surface area contributed by atoms with E-state index < -0.39 is 6.61 Å². The van der Waals surface area contributed by atoms with Gasteiger partial charge in [-0.15, -0.1) is 0 Å². The highest BCUT2D eigenvalue weighted by Gasteiger charge is 2.10. The lowest BCUT2D eigenvalue weighted by molar-refractivity contribution is -0.0498. The van der Waals surface area contributed by atoms with Gasteiger partial charge in [-0.05, 0) is 42.8 Å². The molecule has 0 aliphatic rings. The van der Waals surface area contributed by atoms with Gasteiger partial charge in [0.15, 0.2) is 0 Å². The fourth-order valence-corrected chi connectivity index (χ4v) is 2.21. The molecule has 0 radical (unpaired) electrons. The normalized spacial score (nSPS) is 12.3. The summed E-state index contributed by atoms with van der Waals surface area (Å²) in [7, 11) is 0. The molecule has 0 saturated heterocycles. The van der Waals surface area contributed by atoms with Crippen LogP contribution in [-0.4, -0.2) is 6.61 Å². The topological polar surface area (TPSA) is 21.3 Å². The van der Waals surface area contributed by atoms with Gasteiger partial charge >= 0.3 is 6.61 Å². The minimum atomic E-state index is -2.82. The number of hydrogen-bond donors (Lipinski definition) is 1. The Morgan fingerprint density at radius 2 is 1.71 bits per heavy atom. The zero-order valence-electron chi connectivity index (χ0n) is 11.1. The van der Waals surface area contributed by atoms with Crippen LogP contribution >= 0.6 is 23.2 Å². The molecule has 1 atom stereocenters. The van der Waals surface area contributed by atoms with Crippen molar-refractivity contribution in [3.05, 3.63) is 58.1 Å². The van der Waals surface area contributed by atoms with Crippen LogP contribution in [-0.2, 0) is 0 Å². The quantitative estimate of drug-likeness (QED) is 0.751. The third-order valence-electron chi connectivity index (χ3n) is 2.91. The van der Waals surface area contributed by atoms with E-state index in [1.54, 1.807) is 30.3 Å². The second-order valence-corrected chi connectivity index (χ2v) is 5.28. The fraction of sp³-hybridized carbons (Fsp3) is 0.200. The molecule has 6 heteroatoms. The first-order chi connectivity index (χ1) is 9.95. The predicted octanol–water partition coefficient (Wildman–Crippen LogP) is 5.77. The van der Waals surface area contributed by atoms with Crippen molar-refractivity contribution in [1.82, 2.24) is 0 Å². The van der Waals surface area contributed by atoms with Gasteiger partial charge in [0.2, 0.25) is 0 Å². The standard InChI is InChI=1S/C15H13Cl2F2NO/c1-9(20-14-8-11(16)4-7-13(14)17)10-2-5-12(6-3-10)21-15(18)19/h2-9,15,20H,1H3. The van der Waals surface area contributed by atoms with E-state index >= 15 is 0 Å². The molecular formula is C15H13Cl2F2NO. The van der Waals surface area contributed by atoms with Crippen molar-refractivity contribution >= 4 is 28.9 Å². The Kier molecular flexibility index (Phi) is 5.26. The summed E-state index contributed by atoms with van der Waals surface area (Å²) in [6.45, 7) is -0.892. The second kappa shape index (κ2) is 6.96. The van der Waals surface area contributed by atoms with Gasteiger partial charge in [0.05, 0.1) is 10.7 Å². The molecule has 1 unspecified atom stereocenters. The van der Waals surface area contributed by atoms with Crippen LogP contribution in [0.1, 0.15) is 18.5 Å². The highest BCUT2D eigenvalue weighted by Crippen LogP contribution is 2.29. The van der Waals surface area contributed by atoms with Crippen molar-refractivity contribution in [2.24, 2.45) is 0 Å². The van der Waals surface area contributed by atoms with Crippen molar-refractivity contribution in [1.29, 1.82) is 0 Å². The maximum absolute atomic E-state index is 12.1. The Hall–Kier alpha value is -1.52. The Labute approximate surface area is 131 Å². The van der Waals surface area contributed by atoms with E-state index in [0.717, 1.165) is 5.56 Å². The summed E-state index contributed by atoms with van der Waals surface area (Å²) in [4.78, 5) is 0. The number of rotatable bonds is 5. The van der Waals surface area contributed by atoms with Crippen molar-refractivity contribution in [2.75, 3.05) is 5.32 Å². The van der Waals surface area contributed by atoms with Crippen LogP contribution in [0, 0.1) is 0 Å². The number of ether oxygens (including phenoxy) is 1. The molecule has 0 spiro atoms. The van der Waals surface area contributed by atoms with Gasteiger partial charge in [0.25, 0.3) is 0 Å². The molecule has 2 aromatic carbocycles. The average molecular weight is 332 g/mol. The summed E-state index contributed by atoms with van der Waals surface area (Å²) in [5.74, 6) is 0.127. The number of alkyl halides is 2. The van der Waals surface area contributed by atoms with Crippen LogP contribution in [0.5, 0.6) is 5.75 Å². The maximum Gasteiger partial charge on any atom is 0.387 e. The summed E-state index contributed by atoms with van der Waals surface area (Å²) >= 11 is 12.0. The molecule has 2 aromatic rings. The average Bonchev–Trinajstić information content (AvgIpc) is 2.43. The highest BCUT2D eigenvalue weighted by molar-refractivity contribution is 6.35. The van der Waals surface area contributed by atoms with Crippen molar-refractivity contribution < 1.29 is 13.5 Å². The fourth-order valence-electron chi connectivity index (χ4n) is 1.86. The molecule has 1 N–H and O–H groups in total. The lowest BCUT2D eigenvalue weighted by Crippen LogP contribution is -2.07. The maximum atomic E-state index is 12.1. The van der Waals surface area contributed by atoms with E-state index in [1.165, 1.54) is 12.1 Å². The van der Waals surface area contributed by atoms with E-state index in [2.05, 4.69) is 10.1 Å². The van der Waals surface area contributed by atoms with Gasteiger partial charge in [-0.2, -0.15) is 8.78 Å². The largest absolute Gasteiger partial charge is 0.435 e. The smallest absolute Gasteiger partial charge is 0.387 e. The van der Waals surface area contributed by atoms with E-state index in [4.69, 9.17) is 23.2 Å². The third-order valence-corrected chi connectivity index (χ3v) is 3.47. The summed E-state index contributed by atoms with van der Waals surface area (Å²) in [6, 6.07) is 11.5. The number of anilines is 1. The lowest BCUT2D eigenvalue weighted by Gasteiger charge is -2.17. The second-order valence-electron chi connectivity index (χ2n) is 4.44. The molecule has 0 aliphatic heterocycles. The Morgan fingerprint density at radius 1 is 1.05 bits per heavy atom. The molecule has 0 aromatic heterocycles. The van der Waals surface area contributed by atoms with E-state index in [0.29, 0.717) is 15.7 Å². The molecule has 0 aliphatic carbocycles. The molecule has 0 bridgehead atoms. The SMILES string of the molecule is CC(Nc1cc(Cl)ccc1Cl)c1ccc(OC(F)F)cc1. The monoisotopic (exact) mass is 331 g/mol. The first kappa shape index (κ1) is 15.9. The predicted molar refractivity (Wildman–Crippen MR) is 81.6 cm³/mol. The molecule has 0 saturated carbocycles. The first-order valence-corrected chi connectivity index (χ1v) is 6.97. The van der Waals surface area contributed by atoms with Gasteiger partial charge in [0, 0.05) is 11.1 Å². The van der Waals surface area contributed by atoms with Crippen LogP contribution < -0.4 is 10.1 Å². The van der Waals surface area contributed by atoms with Crippen LogP contribution in [0.15, 0.2) is 42.5 Å². The van der Waals surface area contributed by atoms with E-state index in [-0.39, 0.29) is 11.8 Å². The van der Waals surface area contributed by atoms with Crippen LogP contribution in [0.2, 0.25) is 10.0 Å². The zero-order chi connectivity index (χ0) is 15.4. The molecule has 112 valence electrons. The summed E-state index contributed by atoms with van der Waals surface area (Å²) in [5, 5.41) is 4.36. The zero-order valence-corrected chi connectivity index (χ0v) is 12.6. The van der Waals surface area contributed by atoms with Crippen LogP contribution in [0.3, 0.4) is 0 Å². The minimum absolute atomic E-state index is 0.0680. The Bertz CT molecular complexity index is 605. The van der Waals surface area contributed by atoms with Crippen molar-refractivity contribution in [3.8, 4) is 5.75 Å². The van der Waals surface area contributed by atoms with E-state index in [1.807, 2.05) is 6.92 Å². The number of benzene rings is 2. The van der Waals surface area contributed by atoms with Gasteiger partial charge < -0.3 is 10.1 Å². The number of nitrogens with one attached hydrogen (secondary N) is 1. The molecule has 2 rings (SSSR count). The van der Waals surface area contributed by atoms with Crippen LogP contribution in [0.25, 0.3) is 0 Å². The Morgan fingerprint density at radius 3 is 2.33 bits per heavy atom. The molecule has 0 heterocycles. The third kappa shape index (κ3) is 4.48. The van der Waals surface area contributed by atoms with Crippen LogP contribution in [0.4, 0.5) is 14.5 Å². The first-order valence-electron chi connectivity index (χ1n) is 6.22. The number of halogens is 4. The van der Waals surface area contributed by atoms with Gasteiger partial charge in [-0.1, -0.05) is 35.3 Å². The van der Waals surface area contributed by atoms with Gasteiger partial charge in [-0.3, -0.25) is 0 Å². The van der Waals surface area contributed by atoms with Gasteiger partial charge in [-0.25, -0.2) is 0 Å². The summed E-state index contributed by atoms with van der Waals surface area (Å²) in [6.07, 6.45) is 0. The molecule has 2 nitrogen and oxygen atoms in total. The van der Waals surface area contributed by atoms with E-state index in [9.17, 15) is 8.78 Å². The highest BCUT2D eigenvalue weighted by atomic mass is 35.5. The van der Waals surface area contributed by atoms with Crippen molar-refractivity contribution in [2.45, 2.75) is 19.6 Å². The summed E-state index contributed by atoms with van der Waals surface area (Å²) < 4.78 is 28.5. The van der Waals surface area contributed by atoms with Crippen molar-refractivity contribution in [3.63, 3.8) is 0 Å². The molecule has 21 heavy (non-hydrogen) atoms. The Balaban J connectivity index is 2.09. The lowest BCUT2D eigenvalue weighted by atomic mass is 10.1. The molecular weight excluding hydrogens is 319 g/mol. The number of hydrogen-bond acceptors (Lipinski definition) is 2. The van der Waals surface area contributed by atoms with Gasteiger partial charge in [0.1, 0.15) is 5.75 Å². The minimum Gasteiger partial charge on any atom is -0.435 e.